The fourth-order valence-electron chi connectivity index (χ4n) is 2.77. The van der Waals surface area contributed by atoms with E-state index in [4.69, 9.17) is 9.47 Å². The molecular formula is C12H18O3. The summed E-state index contributed by atoms with van der Waals surface area (Å²) < 4.78 is 10.4. The van der Waals surface area contributed by atoms with Gasteiger partial charge in [-0.3, -0.25) is 0 Å². The molecule has 3 atom stereocenters. The normalized spacial score (nSPS) is 32.7. The van der Waals surface area contributed by atoms with Crippen LogP contribution in [0.2, 0.25) is 0 Å². The molecule has 15 heavy (non-hydrogen) atoms. The summed E-state index contributed by atoms with van der Waals surface area (Å²) in [5, 5.41) is 0. The highest BCUT2D eigenvalue weighted by molar-refractivity contribution is 5.85. The first kappa shape index (κ1) is 10.5. The summed E-state index contributed by atoms with van der Waals surface area (Å²) in [7, 11) is 0. The predicted molar refractivity (Wildman–Crippen MR) is 56.1 cm³/mol. The van der Waals surface area contributed by atoms with Gasteiger partial charge in [-0.1, -0.05) is 0 Å². The highest BCUT2D eigenvalue weighted by Crippen LogP contribution is 2.46. The highest BCUT2D eigenvalue weighted by atomic mass is 16.6. The molecule has 0 aromatic heterocycles. The molecular weight excluding hydrogens is 192 g/mol. The summed E-state index contributed by atoms with van der Waals surface area (Å²) >= 11 is 0. The summed E-state index contributed by atoms with van der Waals surface area (Å²) in [6.07, 6.45) is 5.13. The lowest BCUT2D eigenvalue weighted by atomic mass is 9.98. The van der Waals surface area contributed by atoms with Gasteiger partial charge in [0, 0.05) is 0 Å². The van der Waals surface area contributed by atoms with Gasteiger partial charge in [0.25, 0.3) is 0 Å². The van der Waals surface area contributed by atoms with Crippen LogP contribution in [0.15, 0.2) is 12.3 Å². The number of esters is 1. The molecule has 0 heterocycles. The lowest BCUT2D eigenvalue weighted by Crippen LogP contribution is -2.23. The zero-order valence-corrected chi connectivity index (χ0v) is 9.20. The SMILES string of the molecule is C=C(OC1CC2CCC1C2)C(=O)OCC. The summed E-state index contributed by atoms with van der Waals surface area (Å²) in [4.78, 5) is 11.3. The maximum Gasteiger partial charge on any atom is 0.372 e. The van der Waals surface area contributed by atoms with Crippen LogP contribution in [0.3, 0.4) is 0 Å². The van der Waals surface area contributed by atoms with Gasteiger partial charge in [0.05, 0.1) is 6.61 Å². The number of hydrogen-bond donors (Lipinski definition) is 0. The molecule has 2 fully saturated rings. The zero-order valence-electron chi connectivity index (χ0n) is 9.20. The number of rotatable bonds is 4. The number of fused-ring (bicyclic) bond motifs is 2. The molecule has 3 nitrogen and oxygen atoms in total. The van der Waals surface area contributed by atoms with Gasteiger partial charge in [-0.05, 0) is 51.0 Å². The van der Waals surface area contributed by atoms with Crippen LogP contribution in [-0.2, 0) is 14.3 Å². The Kier molecular flexibility index (Phi) is 2.98. The average Bonchev–Trinajstić information content (AvgIpc) is 2.79. The number of hydrogen-bond acceptors (Lipinski definition) is 3. The molecule has 0 aromatic carbocycles. The molecule has 0 amide bonds. The standard InChI is InChI=1S/C12H18O3/c1-3-14-12(13)8(2)15-11-7-9-4-5-10(11)6-9/h9-11H,2-7H2,1H3. The third-order valence-corrected chi connectivity index (χ3v) is 3.47. The second kappa shape index (κ2) is 4.25. The first-order valence-corrected chi connectivity index (χ1v) is 5.73. The zero-order chi connectivity index (χ0) is 10.8. The van der Waals surface area contributed by atoms with E-state index in [1.807, 2.05) is 0 Å². The van der Waals surface area contributed by atoms with Crippen molar-refractivity contribution in [2.45, 2.75) is 38.7 Å². The first-order chi connectivity index (χ1) is 7.20. The summed E-state index contributed by atoms with van der Waals surface area (Å²) in [6, 6.07) is 0. The van der Waals surface area contributed by atoms with Crippen molar-refractivity contribution in [2.75, 3.05) is 6.61 Å². The Hall–Kier alpha value is -0.990. The smallest absolute Gasteiger partial charge is 0.372 e. The second-order valence-corrected chi connectivity index (χ2v) is 4.47. The van der Waals surface area contributed by atoms with Crippen molar-refractivity contribution >= 4 is 5.97 Å². The monoisotopic (exact) mass is 210 g/mol. The van der Waals surface area contributed by atoms with E-state index in [1.165, 1.54) is 19.3 Å². The second-order valence-electron chi connectivity index (χ2n) is 4.47. The number of carbonyl (C=O) groups excluding carboxylic acids is 1. The minimum Gasteiger partial charge on any atom is -0.483 e. The largest absolute Gasteiger partial charge is 0.483 e. The van der Waals surface area contributed by atoms with E-state index < -0.39 is 5.97 Å². The Morgan fingerprint density at radius 2 is 2.20 bits per heavy atom. The molecule has 2 aliphatic carbocycles. The Bertz CT molecular complexity index is 272. The Labute approximate surface area is 90.4 Å². The van der Waals surface area contributed by atoms with Crippen molar-refractivity contribution < 1.29 is 14.3 Å². The van der Waals surface area contributed by atoms with Crippen molar-refractivity contribution in [3.8, 4) is 0 Å². The molecule has 2 bridgehead atoms. The van der Waals surface area contributed by atoms with Crippen molar-refractivity contribution in [1.82, 2.24) is 0 Å². The molecule has 0 radical (unpaired) electrons. The van der Waals surface area contributed by atoms with Crippen molar-refractivity contribution in [3.05, 3.63) is 12.3 Å². The fraction of sp³-hybridized carbons (Fsp3) is 0.750. The van der Waals surface area contributed by atoms with Crippen molar-refractivity contribution in [3.63, 3.8) is 0 Å². The maximum absolute atomic E-state index is 11.3. The predicted octanol–water partition coefficient (Wildman–Crippen LogP) is 2.27. The molecule has 0 N–H and O–H groups in total. The van der Waals surface area contributed by atoms with Crippen LogP contribution >= 0.6 is 0 Å². The van der Waals surface area contributed by atoms with E-state index >= 15 is 0 Å². The Balaban J connectivity index is 1.82. The average molecular weight is 210 g/mol. The van der Waals surface area contributed by atoms with Gasteiger partial charge in [0.15, 0.2) is 5.76 Å². The lowest BCUT2D eigenvalue weighted by molar-refractivity contribution is -0.144. The van der Waals surface area contributed by atoms with E-state index in [-0.39, 0.29) is 11.9 Å². The van der Waals surface area contributed by atoms with Gasteiger partial charge in [0.1, 0.15) is 6.10 Å². The minimum atomic E-state index is -0.416. The lowest BCUT2D eigenvalue weighted by Gasteiger charge is -2.23. The van der Waals surface area contributed by atoms with Crippen molar-refractivity contribution in [1.29, 1.82) is 0 Å². The Morgan fingerprint density at radius 3 is 2.73 bits per heavy atom. The first-order valence-electron chi connectivity index (χ1n) is 5.73. The van der Waals surface area contributed by atoms with Crippen LogP contribution < -0.4 is 0 Å². The van der Waals surface area contributed by atoms with Gasteiger partial charge in [-0.15, -0.1) is 0 Å². The summed E-state index contributed by atoms with van der Waals surface area (Å²) in [5.74, 6) is 1.21. The van der Waals surface area contributed by atoms with Crippen LogP contribution in [0.4, 0.5) is 0 Å². The van der Waals surface area contributed by atoms with Gasteiger partial charge >= 0.3 is 5.97 Å². The van der Waals surface area contributed by atoms with Crippen LogP contribution in [0.5, 0.6) is 0 Å². The van der Waals surface area contributed by atoms with Gasteiger partial charge < -0.3 is 9.47 Å². The van der Waals surface area contributed by atoms with E-state index in [0.717, 1.165) is 12.3 Å². The van der Waals surface area contributed by atoms with E-state index in [1.54, 1.807) is 6.92 Å². The van der Waals surface area contributed by atoms with E-state index in [9.17, 15) is 4.79 Å². The molecule has 0 saturated heterocycles. The molecule has 0 spiro atoms. The molecule has 0 aromatic rings. The van der Waals surface area contributed by atoms with Gasteiger partial charge in [0.2, 0.25) is 0 Å². The van der Waals surface area contributed by atoms with Crippen LogP contribution in [0, 0.1) is 11.8 Å². The van der Waals surface area contributed by atoms with Crippen LogP contribution in [0.1, 0.15) is 32.6 Å². The molecule has 2 saturated carbocycles. The molecule has 3 heteroatoms. The van der Waals surface area contributed by atoms with Crippen molar-refractivity contribution in [2.24, 2.45) is 11.8 Å². The third kappa shape index (κ3) is 2.16. The van der Waals surface area contributed by atoms with Crippen LogP contribution in [-0.4, -0.2) is 18.7 Å². The highest BCUT2D eigenvalue weighted by Gasteiger charge is 2.41. The molecule has 84 valence electrons. The maximum atomic E-state index is 11.3. The molecule has 0 aliphatic heterocycles. The topological polar surface area (TPSA) is 35.5 Å². The van der Waals surface area contributed by atoms with Gasteiger partial charge in [-0.25, -0.2) is 4.79 Å². The van der Waals surface area contributed by atoms with Gasteiger partial charge in [-0.2, -0.15) is 0 Å². The van der Waals surface area contributed by atoms with E-state index in [0.29, 0.717) is 12.5 Å². The van der Waals surface area contributed by atoms with Crippen LogP contribution in [0.25, 0.3) is 0 Å². The molecule has 3 unspecified atom stereocenters. The summed E-state index contributed by atoms with van der Waals surface area (Å²) in [6.45, 7) is 5.78. The molecule has 2 rings (SSSR count). The third-order valence-electron chi connectivity index (χ3n) is 3.47. The fourth-order valence-corrected chi connectivity index (χ4v) is 2.77. The number of carbonyl (C=O) groups is 1. The van der Waals surface area contributed by atoms with E-state index in [2.05, 4.69) is 6.58 Å². The minimum absolute atomic E-state index is 0.175. The quantitative estimate of drug-likeness (QED) is 0.405. The number of ether oxygens (including phenoxy) is 2. The Morgan fingerprint density at radius 1 is 1.40 bits per heavy atom. The molecule has 2 aliphatic rings. The summed E-state index contributed by atoms with van der Waals surface area (Å²) in [5.41, 5.74) is 0.